The minimum absolute atomic E-state index is 0.0655. The summed E-state index contributed by atoms with van der Waals surface area (Å²) in [5.41, 5.74) is 0.940. The molecule has 7 nitrogen and oxygen atoms in total. The van der Waals surface area contributed by atoms with Crippen molar-refractivity contribution < 1.29 is 17.5 Å². The third-order valence-electron chi connectivity index (χ3n) is 4.53. The van der Waals surface area contributed by atoms with Crippen LogP contribution < -0.4 is 4.74 Å². The number of nitrogens with zero attached hydrogens (tertiary/aromatic N) is 4. The van der Waals surface area contributed by atoms with Gasteiger partial charge in [-0.3, -0.25) is 4.68 Å². The predicted molar refractivity (Wildman–Crippen MR) is 98.8 cm³/mol. The molecule has 0 spiro atoms. The molecule has 0 radical (unpaired) electrons. The van der Waals surface area contributed by atoms with Gasteiger partial charge in [0.1, 0.15) is 22.3 Å². The van der Waals surface area contributed by atoms with Crippen LogP contribution in [0.15, 0.2) is 39.9 Å². The van der Waals surface area contributed by atoms with Crippen LogP contribution in [0.2, 0.25) is 0 Å². The molecule has 1 saturated heterocycles. The van der Waals surface area contributed by atoms with Gasteiger partial charge in [0.2, 0.25) is 10.0 Å². The highest BCUT2D eigenvalue weighted by molar-refractivity contribution is 7.89. The molecule has 142 valence electrons. The van der Waals surface area contributed by atoms with E-state index in [9.17, 15) is 12.8 Å². The van der Waals surface area contributed by atoms with E-state index >= 15 is 0 Å². The molecular formula is C17H17FN4O3S2. The van der Waals surface area contributed by atoms with Gasteiger partial charge in [0.15, 0.2) is 5.82 Å². The van der Waals surface area contributed by atoms with E-state index in [1.807, 2.05) is 16.8 Å². The molecule has 0 saturated carbocycles. The Bertz CT molecular complexity index is 1070. The van der Waals surface area contributed by atoms with Crippen molar-refractivity contribution in [2.45, 2.75) is 10.8 Å². The van der Waals surface area contributed by atoms with Crippen LogP contribution in [0.25, 0.3) is 11.4 Å². The van der Waals surface area contributed by atoms with Crippen molar-refractivity contribution in [3.8, 4) is 17.1 Å². The average Bonchev–Trinajstić information content (AvgIpc) is 3.24. The van der Waals surface area contributed by atoms with Crippen molar-refractivity contribution in [2.24, 2.45) is 7.05 Å². The summed E-state index contributed by atoms with van der Waals surface area (Å²) in [5.74, 6) is 0.790. The largest absolute Gasteiger partial charge is 0.495 e. The van der Waals surface area contributed by atoms with E-state index in [-0.39, 0.29) is 29.7 Å². The average molecular weight is 408 g/mol. The maximum Gasteiger partial charge on any atom is 0.246 e. The Labute approximate surface area is 160 Å². The highest BCUT2D eigenvalue weighted by atomic mass is 32.2. The number of aryl methyl sites for hydroxylation is 1. The number of benzene rings is 1. The smallest absolute Gasteiger partial charge is 0.246 e. The van der Waals surface area contributed by atoms with Crippen LogP contribution in [-0.2, 0) is 17.1 Å². The molecule has 0 unspecified atom stereocenters. The summed E-state index contributed by atoms with van der Waals surface area (Å²) in [6, 6.07) is 5.41. The zero-order valence-electron chi connectivity index (χ0n) is 14.7. The number of thiophene rings is 1. The summed E-state index contributed by atoms with van der Waals surface area (Å²) in [5, 5.41) is 8.33. The van der Waals surface area contributed by atoms with Crippen LogP contribution in [0.3, 0.4) is 0 Å². The fraction of sp³-hybridized carbons (Fsp3) is 0.294. The molecule has 0 atom stereocenters. The molecule has 1 fully saturated rings. The lowest BCUT2D eigenvalue weighted by Crippen LogP contribution is -2.49. The Morgan fingerprint density at radius 3 is 2.74 bits per heavy atom. The molecule has 3 aromatic rings. The van der Waals surface area contributed by atoms with Crippen LogP contribution >= 0.6 is 11.3 Å². The zero-order valence-corrected chi connectivity index (χ0v) is 16.3. The molecular weight excluding hydrogens is 391 g/mol. The van der Waals surface area contributed by atoms with Crippen LogP contribution in [-0.4, -0.2) is 47.7 Å². The second-order valence-corrected chi connectivity index (χ2v) is 8.93. The van der Waals surface area contributed by atoms with Crippen LogP contribution in [0.1, 0.15) is 11.7 Å². The van der Waals surface area contributed by atoms with Gasteiger partial charge in [0.25, 0.3) is 0 Å². The Morgan fingerprint density at radius 1 is 1.30 bits per heavy atom. The quantitative estimate of drug-likeness (QED) is 0.648. The van der Waals surface area contributed by atoms with E-state index in [0.29, 0.717) is 5.82 Å². The minimum atomic E-state index is -3.85. The van der Waals surface area contributed by atoms with Crippen LogP contribution in [0.5, 0.6) is 5.75 Å². The molecule has 27 heavy (non-hydrogen) atoms. The maximum atomic E-state index is 13.6. The zero-order chi connectivity index (χ0) is 19.2. The Morgan fingerprint density at radius 2 is 2.07 bits per heavy atom. The second kappa shape index (κ2) is 6.70. The van der Waals surface area contributed by atoms with E-state index in [1.54, 1.807) is 23.1 Å². The summed E-state index contributed by atoms with van der Waals surface area (Å²) in [6.07, 6.45) is 0. The van der Waals surface area contributed by atoms with Gasteiger partial charge in [0.05, 0.1) is 7.11 Å². The van der Waals surface area contributed by atoms with Gasteiger partial charge in [-0.25, -0.2) is 17.8 Å². The van der Waals surface area contributed by atoms with E-state index in [1.165, 1.54) is 23.5 Å². The molecule has 0 aliphatic carbocycles. The van der Waals surface area contributed by atoms with Crippen molar-refractivity contribution in [3.63, 3.8) is 0 Å². The predicted octanol–water partition coefficient (Wildman–Crippen LogP) is 2.48. The Kier molecular flexibility index (Phi) is 4.49. The van der Waals surface area contributed by atoms with Crippen molar-refractivity contribution in [2.75, 3.05) is 20.2 Å². The normalized spacial score (nSPS) is 15.7. The topological polar surface area (TPSA) is 77.3 Å². The van der Waals surface area contributed by atoms with Crippen molar-refractivity contribution >= 4 is 21.4 Å². The molecule has 0 amide bonds. The van der Waals surface area contributed by atoms with E-state index < -0.39 is 15.8 Å². The SMILES string of the molecule is COc1ccc(F)cc1S(=O)(=O)N1CC(c2nc(-c3ccsc3)nn2C)C1. The van der Waals surface area contributed by atoms with Gasteiger partial charge in [-0.15, -0.1) is 0 Å². The fourth-order valence-electron chi connectivity index (χ4n) is 3.05. The first-order valence-corrected chi connectivity index (χ1v) is 10.6. The maximum absolute atomic E-state index is 13.6. The molecule has 1 aliphatic heterocycles. The summed E-state index contributed by atoms with van der Waals surface area (Å²) in [7, 11) is -0.691. The molecule has 4 rings (SSSR count). The van der Waals surface area contributed by atoms with Gasteiger partial charge < -0.3 is 4.74 Å². The van der Waals surface area contributed by atoms with Gasteiger partial charge >= 0.3 is 0 Å². The highest BCUT2D eigenvalue weighted by Gasteiger charge is 2.41. The summed E-state index contributed by atoms with van der Waals surface area (Å²) < 4.78 is 47.3. The van der Waals surface area contributed by atoms with Crippen LogP contribution in [0, 0.1) is 5.82 Å². The molecule has 0 N–H and O–H groups in total. The summed E-state index contributed by atoms with van der Waals surface area (Å²) in [4.78, 5) is 4.40. The molecule has 1 aromatic carbocycles. The molecule has 10 heteroatoms. The van der Waals surface area contributed by atoms with Crippen molar-refractivity contribution in [3.05, 3.63) is 46.7 Å². The number of halogens is 1. The first-order valence-electron chi connectivity index (χ1n) is 8.17. The number of methoxy groups -OCH3 is 1. The van der Waals surface area contributed by atoms with E-state index in [2.05, 4.69) is 10.1 Å². The van der Waals surface area contributed by atoms with Crippen molar-refractivity contribution in [1.29, 1.82) is 0 Å². The number of hydrogen-bond acceptors (Lipinski definition) is 6. The second-order valence-electron chi connectivity index (χ2n) is 6.24. The lowest BCUT2D eigenvalue weighted by molar-refractivity contribution is 0.250. The number of hydrogen-bond donors (Lipinski definition) is 0. The standard InChI is InChI=1S/C17H17FN4O3S2/c1-21-17(19-16(20-21)11-5-6-26-10-11)12-8-22(9-12)27(23,24)15-7-13(18)3-4-14(15)25-2/h3-7,10,12H,8-9H2,1-2H3. The highest BCUT2D eigenvalue weighted by Crippen LogP contribution is 2.35. The number of aromatic nitrogens is 3. The Hall–Kier alpha value is -2.30. The van der Waals surface area contributed by atoms with Gasteiger partial charge in [-0.05, 0) is 29.6 Å². The summed E-state index contributed by atoms with van der Waals surface area (Å²) in [6.45, 7) is 0.523. The lowest BCUT2D eigenvalue weighted by atomic mass is 10.0. The lowest BCUT2D eigenvalue weighted by Gasteiger charge is -2.37. The summed E-state index contributed by atoms with van der Waals surface area (Å²) >= 11 is 1.56. The monoisotopic (exact) mass is 408 g/mol. The molecule has 1 aliphatic rings. The third-order valence-corrected chi connectivity index (χ3v) is 7.07. The van der Waals surface area contributed by atoms with Gasteiger partial charge in [-0.1, -0.05) is 0 Å². The molecule has 3 heterocycles. The first kappa shape index (κ1) is 18.1. The minimum Gasteiger partial charge on any atom is -0.495 e. The van der Waals surface area contributed by atoms with E-state index in [0.717, 1.165) is 17.5 Å². The fourth-order valence-corrected chi connectivity index (χ4v) is 5.39. The number of rotatable bonds is 5. The molecule has 2 aromatic heterocycles. The first-order chi connectivity index (χ1) is 12.9. The number of ether oxygens (including phenoxy) is 1. The van der Waals surface area contributed by atoms with Crippen molar-refractivity contribution in [1.82, 2.24) is 19.1 Å². The molecule has 0 bridgehead atoms. The van der Waals surface area contributed by atoms with Gasteiger partial charge in [0, 0.05) is 37.0 Å². The number of sulfonamides is 1. The Balaban J connectivity index is 1.55. The van der Waals surface area contributed by atoms with E-state index in [4.69, 9.17) is 4.74 Å². The third kappa shape index (κ3) is 3.13. The van der Waals surface area contributed by atoms with Crippen LogP contribution in [0.4, 0.5) is 4.39 Å². The van der Waals surface area contributed by atoms with Gasteiger partial charge in [-0.2, -0.15) is 20.7 Å².